The number of likely N-dealkylation sites (N-methyl/N-ethyl adjacent to an activating group) is 1. The van der Waals surface area contributed by atoms with Gasteiger partial charge in [-0.15, -0.1) is 0 Å². The quantitative estimate of drug-likeness (QED) is 0.0211. The van der Waals surface area contributed by atoms with E-state index in [1.807, 2.05) is 21.1 Å². The smallest absolute Gasteiger partial charge is 0.361 e. The number of nitrogens with zero attached hydrogens (tertiary/aromatic N) is 1. The highest BCUT2D eigenvalue weighted by Gasteiger charge is 2.25. The number of quaternary nitrogens is 1. The molecule has 1 N–H and O–H groups in total. The molecule has 0 aliphatic heterocycles. The molecule has 0 saturated carbocycles. The molecule has 0 fully saturated rings. The first-order chi connectivity index (χ1) is 40.6. The third kappa shape index (κ3) is 65.6. The van der Waals surface area contributed by atoms with Crippen LogP contribution in [0.4, 0.5) is 0 Å². The van der Waals surface area contributed by atoms with Gasteiger partial charge in [-0.3, -0.25) is 9.59 Å². The van der Waals surface area contributed by atoms with E-state index in [1.165, 1.54) is 186 Å². The van der Waals surface area contributed by atoms with Crippen LogP contribution in [0.2, 0.25) is 0 Å². The lowest BCUT2D eigenvalue weighted by Crippen LogP contribution is -2.40. The van der Waals surface area contributed by atoms with E-state index in [9.17, 15) is 19.5 Å². The minimum Gasteiger partial charge on any atom is -0.477 e. The summed E-state index contributed by atoms with van der Waals surface area (Å²) in [5.41, 5.74) is 0. The summed E-state index contributed by atoms with van der Waals surface area (Å²) < 4.78 is 23.0. The van der Waals surface area contributed by atoms with Gasteiger partial charge in [-0.05, 0) is 96.3 Å². The van der Waals surface area contributed by atoms with Crippen LogP contribution in [0.1, 0.15) is 296 Å². The molecule has 9 nitrogen and oxygen atoms in total. The van der Waals surface area contributed by atoms with E-state index in [2.05, 4.69) is 111 Å². The number of carboxylic acid groups (broad SMARTS) is 1. The minimum atomic E-state index is -1.51. The zero-order valence-corrected chi connectivity index (χ0v) is 54.6. The van der Waals surface area contributed by atoms with Gasteiger partial charge < -0.3 is 28.5 Å². The molecule has 0 rings (SSSR count). The third-order valence-electron chi connectivity index (χ3n) is 14.8. The van der Waals surface area contributed by atoms with Crippen molar-refractivity contribution in [2.45, 2.75) is 309 Å². The SMILES string of the molecule is CC/C=C\C/C=C\C/C=C\C/C=C\C/C=C\C/C=C\CCCCCCCCCCCCCCCCCCCCCCC(=O)OC(COC(=O)CCCCCCCCCCC/C=C\C/C=C\CCCCC)COC(OCC[N+](C)(C)C)C(=O)O. The van der Waals surface area contributed by atoms with Crippen molar-refractivity contribution >= 4 is 17.9 Å². The number of carbonyl (C=O) groups excluding carboxylic acids is 2. The van der Waals surface area contributed by atoms with Crippen molar-refractivity contribution in [3.8, 4) is 0 Å². The monoisotopic (exact) mass is 1160 g/mol. The van der Waals surface area contributed by atoms with Crippen LogP contribution in [0.3, 0.4) is 0 Å². The molecule has 9 heteroatoms. The molecule has 0 aromatic heterocycles. The zero-order valence-electron chi connectivity index (χ0n) is 54.6. The Kier molecular flexibility index (Phi) is 61.3. The molecular formula is C74H130NO8+. The first-order valence-electron chi connectivity index (χ1n) is 34.4. The Bertz CT molecular complexity index is 1680. The number of esters is 2. The molecule has 0 spiro atoms. The van der Waals surface area contributed by atoms with Crippen molar-refractivity contribution in [1.82, 2.24) is 0 Å². The molecule has 0 amide bonds. The van der Waals surface area contributed by atoms with Gasteiger partial charge in [0.15, 0.2) is 6.10 Å². The van der Waals surface area contributed by atoms with Crippen LogP contribution in [-0.2, 0) is 33.3 Å². The number of hydrogen-bond acceptors (Lipinski definition) is 7. The van der Waals surface area contributed by atoms with Crippen LogP contribution >= 0.6 is 0 Å². The van der Waals surface area contributed by atoms with Crippen molar-refractivity contribution in [3.63, 3.8) is 0 Å². The molecule has 478 valence electrons. The van der Waals surface area contributed by atoms with Crippen LogP contribution < -0.4 is 0 Å². The van der Waals surface area contributed by atoms with Crippen molar-refractivity contribution < 1.29 is 42.9 Å². The Hall–Kier alpha value is -3.79. The van der Waals surface area contributed by atoms with Gasteiger partial charge >= 0.3 is 17.9 Å². The number of allylic oxidation sites excluding steroid dienone is 16. The molecule has 0 aromatic carbocycles. The largest absolute Gasteiger partial charge is 0.477 e. The summed E-state index contributed by atoms with van der Waals surface area (Å²) in [7, 11) is 5.98. The second-order valence-electron chi connectivity index (χ2n) is 24.1. The summed E-state index contributed by atoms with van der Waals surface area (Å²) in [5, 5.41) is 9.73. The van der Waals surface area contributed by atoms with Crippen LogP contribution in [0.5, 0.6) is 0 Å². The van der Waals surface area contributed by atoms with Gasteiger partial charge in [0, 0.05) is 12.8 Å². The molecule has 2 unspecified atom stereocenters. The topological polar surface area (TPSA) is 108 Å². The maximum atomic E-state index is 12.9. The summed E-state index contributed by atoms with van der Waals surface area (Å²) in [4.78, 5) is 37.6. The van der Waals surface area contributed by atoms with Gasteiger partial charge in [0.05, 0.1) is 34.4 Å². The number of rotatable bonds is 63. The minimum absolute atomic E-state index is 0.184. The van der Waals surface area contributed by atoms with Crippen LogP contribution in [0.25, 0.3) is 0 Å². The Morgan fingerprint density at radius 3 is 1.02 bits per heavy atom. The number of hydrogen-bond donors (Lipinski definition) is 1. The van der Waals surface area contributed by atoms with Gasteiger partial charge in [0.1, 0.15) is 13.2 Å². The fourth-order valence-electron chi connectivity index (χ4n) is 9.58. The maximum Gasteiger partial charge on any atom is 0.361 e. The van der Waals surface area contributed by atoms with Gasteiger partial charge in [0.2, 0.25) is 0 Å². The normalized spacial score (nSPS) is 13.3. The van der Waals surface area contributed by atoms with E-state index in [-0.39, 0.29) is 32.2 Å². The lowest BCUT2D eigenvalue weighted by atomic mass is 10.0. The second kappa shape index (κ2) is 64.2. The molecule has 83 heavy (non-hydrogen) atoms. The molecule has 0 radical (unpaired) electrons. The molecule has 0 heterocycles. The van der Waals surface area contributed by atoms with E-state index >= 15 is 0 Å². The summed E-state index contributed by atoms with van der Waals surface area (Å²) in [6.45, 7) is 4.76. The molecule has 0 bridgehead atoms. The standard InChI is InChI=1S/C74H129NO8/c1-6-8-10-12-14-16-18-20-22-24-26-27-28-29-30-31-32-33-34-35-36-37-38-39-40-41-42-43-44-45-47-49-51-53-55-57-59-61-63-65-72(77)83-70(69-82-74(73(78)79)80-67-66-75(3,4)5)68-81-71(76)64-62-60-58-56-54-52-50-48-46-25-23-21-19-17-15-13-11-9-7-2/h8,10,14-17,20-23,26-27,29-30,32-33,70,74H,6-7,9,11-13,18-19,24-25,28,31,34-69H2,1-5H3/p+1/b10-8-,16-14-,17-15-,22-20-,23-21-,27-26-,30-29-,33-32-. The van der Waals surface area contributed by atoms with Crippen molar-refractivity contribution in [1.29, 1.82) is 0 Å². The van der Waals surface area contributed by atoms with Crippen molar-refractivity contribution in [2.75, 3.05) is 47.5 Å². The van der Waals surface area contributed by atoms with E-state index in [0.29, 0.717) is 17.4 Å². The number of ether oxygens (including phenoxy) is 4. The highest BCUT2D eigenvalue weighted by molar-refractivity contribution is 5.71. The molecule has 2 atom stereocenters. The summed E-state index contributed by atoms with van der Waals surface area (Å²) in [6, 6.07) is 0. The van der Waals surface area contributed by atoms with E-state index < -0.39 is 24.3 Å². The first-order valence-corrected chi connectivity index (χ1v) is 34.4. The number of carboxylic acids is 1. The molecule has 0 aliphatic rings. The van der Waals surface area contributed by atoms with E-state index in [0.717, 1.165) is 83.5 Å². The fraction of sp³-hybridized carbons (Fsp3) is 0.743. The summed E-state index contributed by atoms with van der Waals surface area (Å²) >= 11 is 0. The molecule has 0 aliphatic carbocycles. The molecule has 0 saturated heterocycles. The van der Waals surface area contributed by atoms with Crippen molar-refractivity contribution in [3.05, 3.63) is 97.2 Å². The highest BCUT2D eigenvalue weighted by atomic mass is 16.7. The van der Waals surface area contributed by atoms with Gasteiger partial charge in [-0.2, -0.15) is 0 Å². The highest BCUT2D eigenvalue weighted by Crippen LogP contribution is 2.17. The average Bonchev–Trinajstić information content (AvgIpc) is 3.46. The van der Waals surface area contributed by atoms with E-state index in [4.69, 9.17) is 18.9 Å². The van der Waals surface area contributed by atoms with Crippen molar-refractivity contribution in [2.24, 2.45) is 0 Å². The maximum absolute atomic E-state index is 12.9. The zero-order chi connectivity index (χ0) is 60.5. The Morgan fingerprint density at radius 2 is 0.687 bits per heavy atom. The summed E-state index contributed by atoms with van der Waals surface area (Å²) in [6.07, 6.45) is 85.2. The Labute approximate surface area is 512 Å². The lowest BCUT2D eigenvalue weighted by Gasteiger charge is -2.25. The predicted octanol–water partition coefficient (Wildman–Crippen LogP) is 21.2. The predicted molar refractivity (Wildman–Crippen MR) is 355 cm³/mol. The van der Waals surface area contributed by atoms with Crippen LogP contribution in [0, 0.1) is 0 Å². The Morgan fingerprint density at radius 1 is 0.373 bits per heavy atom. The van der Waals surface area contributed by atoms with Gasteiger partial charge in [-0.1, -0.05) is 284 Å². The average molecular weight is 1160 g/mol. The first kappa shape index (κ1) is 79.2. The second-order valence-corrected chi connectivity index (χ2v) is 24.1. The van der Waals surface area contributed by atoms with Gasteiger partial charge in [-0.25, -0.2) is 4.79 Å². The molecule has 0 aromatic rings. The third-order valence-corrected chi connectivity index (χ3v) is 14.8. The fourth-order valence-corrected chi connectivity index (χ4v) is 9.58. The van der Waals surface area contributed by atoms with Crippen LogP contribution in [0.15, 0.2) is 97.2 Å². The summed E-state index contributed by atoms with van der Waals surface area (Å²) in [5.74, 6) is -2.00. The number of unbranched alkanes of at least 4 members (excludes halogenated alkanes) is 32. The van der Waals surface area contributed by atoms with Crippen LogP contribution in [-0.4, -0.2) is 87.4 Å². The van der Waals surface area contributed by atoms with E-state index in [1.54, 1.807) is 0 Å². The number of aliphatic carboxylic acids is 1. The molecular weight excluding hydrogens is 1030 g/mol. The number of carbonyl (C=O) groups is 3. The lowest BCUT2D eigenvalue weighted by molar-refractivity contribution is -0.870. The van der Waals surface area contributed by atoms with Gasteiger partial charge in [0.25, 0.3) is 6.29 Å². The Balaban J connectivity index is 4.03.